The van der Waals surface area contributed by atoms with Gasteiger partial charge in [-0.05, 0) is 51.0 Å². The van der Waals surface area contributed by atoms with Crippen LogP contribution in [0.4, 0.5) is 0 Å². The molecular weight excluding hydrogens is 304 g/mol. The summed E-state index contributed by atoms with van der Waals surface area (Å²) in [7, 11) is 0. The molecule has 0 bridgehead atoms. The van der Waals surface area contributed by atoms with E-state index in [1.54, 1.807) is 0 Å². The van der Waals surface area contributed by atoms with Gasteiger partial charge in [-0.25, -0.2) is 0 Å². The van der Waals surface area contributed by atoms with Crippen LogP contribution in [-0.4, -0.2) is 52.0 Å². The second-order valence-corrected chi connectivity index (χ2v) is 8.16. The first-order valence-electron chi connectivity index (χ1n) is 9.64. The summed E-state index contributed by atoms with van der Waals surface area (Å²) in [6, 6.07) is 0.319. The van der Waals surface area contributed by atoms with E-state index in [4.69, 9.17) is 9.51 Å². The van der Waals surface area contributed by atoms with Crippen molar-refractivity contribution in [1.29, 1.82) is 0 Å². The molecule has 0 aromatic carbocycles. The summed E-state index contributed by atoms with van der Waals surface area (Å²) in [5, 5.41) is 4.23. The third-order valence-corrected chi connectivity index (χ3v) is 6.31. The van der Waals surface area contributed by atoms with Crippen molar-refractivity contribution in [2.45, 2.75) is 56.9 Å². The van der Waals surface area contributed by atoms with Gasteiger partial charge in [-0.1, -0.05) is 11.6 Å². The van der Waals surface area contributed by atoms with Crippen molar-refractivity contribution in [2.75, 3.05) is 26.2 Å². The fourth-order valence-electron chi connectivity index (χ4n) is 4.24. The molecule has 4 aliphatic rings. The van der Waals surface area contributed by atoms with Crippen LogP contribution in [0, 0.1) is 11.8 Å². The molecule has 1 atom stereocenters. The first-order chi connectivity index (χ1) is 11.8. The number of rotatable bonds is 5. The molecule has 2 aliphatic carbocycles. The average Bonchev–Trinajstić information content (AvgIpc) is 2.94. The molecule has 6 heteroatoms. The van der Waals surface area contributed by atoms with E-state index in [9.17, 15) is 4.79 Å². The molecule has 0 N–H and O–H groups in total. The molecule has 3 heterocycles. The van der Waals surface area contributed by atoms with Crippen molar-refractivity contribution in [1.82, 2.24) is 19.9 Å². The van der Waals surface area contributed by atoms with E-state index in [1.807, 2.05) is 4.90 Å². The fourth-order valence-corrected chi connectivity index (χ4v) is 4.24. The number of hydrogen-bond donors (Lipinski definition) is 0. The van der Waals surface area contributed by atoms with Crippen LogP contribution in [0.2, 0.25) is 0 Å². The average molecular weight is 330 g/mol. The number of nitrogens with zero attached hydrogens (tertiary/aromatic N) is 4. The van der Waals surface area contributed by atoms with Crippen LogP contribution in [-0.2, 0) is 4.79 Å². The Kier molecular flexibility index (Phi) is 3.61. The summed E-state index contributed by atoms with van der Waals surface area (Å²) >= 11 is 0. The predicted octanol–water partition coefficient (Wildman–Crippen LogP) is 2.34. The van der Waals surface area contributed by atoms with Gasteiger partial charge in [0.15, 0.2) is 5.82 Å². The van der Waals surface area contributed by atoms with Gasteiger partial charge in [-0.3, -0.25) is 9.69 Å². The molecule has 6 nitrogen and oxygen atoms in total. The van der Waals surface area contributed by atoms with Crippen molar-refractivity contribution in [3.63, 3.8) is 0 Å². The normalized spacial score (nSPS) is 28.8. The summed E-state index contributed by atoms with van der Waals surface area (Å²) in [5.41, 5.74) is 0. The lowest BCUT2D eigenvalue weighted by Crippen LogP contribution is -2.52. The number of likely N-dealkylation sites (tertiary alicyclic amines) is 2. The molecule has 4 fully saturated rings. The molecule has 1 aromatic heterocycles. The molecule has 1 amide bonds. The number of aromatic nitrogens is 2. The highest BCUT2D eigenvalue weighted by atomic mass is 16.5. The van der Waals surface area contributed by atoms with Crippen LogP contribution in [0.1, 0.15) is 68.6 Å². The summed E-state index contributed by atoms with van der Waals surface area (Å²) in [6.07, 6.45) is 8.47. The fraction of sp³-hybridized carbons (Fsp3) is 0.833. The van der Waals surface area contributed by atoms with Gasteiger partial charge in [-0.2, -0.15) is 4.98 Å². The Labute approximate surface area is 142 Å². The molecule has 130 valence electrons. The molecule has 5 rings (SSSR count). The molecule has 1 unspecified atom stereocenters. The van der Waals surface area contributed by atoms with Gasteiger partial charge < -0.3 is 9.42 Å². The molecule has 2 saturated carbocycles. The topological polar surface area (TPSA) is 62.5 Å². The number of hydrogen-bond acceptors (Lipinski definition) is 5. The van der Waals surface area contributed by atoms with E-state index in [2.05, 4.69) is 10.1 Å². The van der Waals surface area contributed by atoms with Crippen LogP contribution < -0.4 is 0 Å². The van der Waals surface area contributed by atoms with Gasteiger partial charge in [0, 0.05) is 25.6 Å². The lowest BCUT2D eigenvalue weighted by molar-refractivity contribution is -0.142. The van der Waals surface area contributed by atoms with Crippen molar-refractivity contribution < 1.29 is 9.32 Å². The van der Waals surface area contributed by atoms with E-state index in [0.717, 1.165) is 56.5 Å². The Balaban J connectivity index is 1.19. The SMILES string of the molecule is O=C(C1CCC1)N1CC(c2noc(C3CCCN3CC3CC3)n2)C1. The lowest BCUT2D eigenvalue weighted by atomic mass is 9.83. The second-order valence-electron chi connectivity index (χ2n) is 8.16. The van der Waals surface area contributed by atoms with Crippen LogP contribution >= 0.6 is 0 Å². The minimum Gasteiger partial charge on any atom is -0.341 e. The smallest absolute Gasteiger partial charge is 0.244 e. The van der Waals surface area contributed by atoms with Crippen LogP contribution in [0.3, 0.4) is 0 Å². The maximum atomic E-state index is 12.2. The summed E-state index contributed by atoms with van der Waals surface area (Å²) in [4.78, 5) is 21.4. The first kappa shape index (κ1) is 14.9. The standard InChI is InChI=1S/C18H26N4O2/c23-18(13-3-1-4-13)22-10-14(11-22)16-19-17(24-20-16)15-5-2-8-21(15)9-12-6-7-12/h12-15H,1-11H2. The molecule has 0 spiro atoms. The van der Waals surface area contributed by atoms with Crippen LogP contribution in [0.15, 0.2) is 4.52 Å². The highest BCUT2D eigenvalue weighted by Gasteiger charge is 2.40. The Morgan fingerprint density at radius 3 is 2.67 bits per heavy atom. The summed E-state index contributed by atoms with van der Waals surface area (Å²) < 4.78 is 5.61. The molecule has 0 radical (unpaired) electrons. The van der Waals surface area contributed by atoms with E-state index in [1.165, 1.54) is 32.2 Å². The van der Waals surface area contributed by atoms with Gasteiger partial charge in [0.25, 0.3) is 0 Å². The maximum Gasteiger partial charge on any atom is 0.244 e. The second kappa shape index (κ2) is 5.83. The van der Waals surface area contributed by atoms with Gasteiger partial charge in [0.1, 0.15) is 0 Å². The van der Waals surface area contributed by atoms with Crippen molar-refractivity contribution in [3.05, 3.63) is 11.7 Å². The van der Waals surface area contributed by atoms with E-state index in [-0.39, 0.29) is 5.92 Å². The molecule has 1 aromatic rings. The third-order valence-electron chi connectivity index (χ3n) is 6.31. The number of amides is 1. The van der Waals surface area contributed by atoms with E-state index in [0.29, 0.717) is 17.9 Å². The lowest BCUT2D eigenvalue weighted by Gasteiger charge is -2.41. The molecular formula is C18H26N4O2. The third kappa shape index (κ3) is 2.65. The summed E-state index contributed by atoms with van der Waals surface area (Å²) in [6.45, 7) is 3.89. The van der Waals surface area contributed by atoms with E-state index < -0.39 is 0 Å². The predicted molar refractivity (Wildman–Crippen MR) is 87.2 cm³/mol. The number of carbonyl (C=O) groups excluding carboxylic acids is 1. The Morgan fingerprint density at radius 1 is 1.12 bits per heavy atom. The highest BCUT2D eigenvalue weighted by Crippen LogP contribution is 2.38. The van der Waals surface area contributed by atoms with Gasteiger partial charge >= 0.3 is 0 Å². The molecule has 2 saturated heterocycles. The zero-order chi connectivity index (χ0) is 16.1. The van der Waals surface area contributed by atoms with Crippen LogP contribution in [0.5, 0.6) is 0 Å². The van der Waals surface area contributed by atoms with Crippen molar-refractivity contribution >= 4 is 5.91 Å². The zero-order valence-electron chi connectivity index (χ0n) is 14.2. The van der Waals surface area contributed by atoms with E-state index >= 15 is 0 Å². The summed E-state index contributed by atoms with van der Waals surface area (Å²) in [5.74, 6) is 3.40. The molecule has 24 heavy (non-hydrogen) atoms. The minimum absolute atomic E-state index is 0.268. The van der Waals surface area contributed by atoms with Gasteiger partial charge in [0.05, 0.1) is 12.0 Å². The Bertz CT molecular complexity index is 616. The Morgan fingerprint density at radius 2 is 1.96 bits per heavy atom. The Hall–Kier alpha value is -1.43. The zero-order valence-corrected chi connectivity index (χ0v) is 14.2. The quantitative estimate of drug-likeness (QED) is 0.829. The minimum atomic E-state index is 0.268. The monoisotopic (exact) mass is 330 g/mol. The van der Waals surface area contributed by atoms with Crippen molar-refractivity contribution in [3.8, 4) is 0 Å². The van der Waals surface area contributed by atoms with Crippen LogP contribution in [0.25, 0.3) is 0 Å². The maximum absolute atomic E-state index is 12.2. The molecule has 2 aliphatic heterocycles. The van der Waals surface area contributed by atoms with Gasteiger partial charge in [-0.15, -0.1) is 0 Å². The largest absolute Gasteiger partial charge is 0.341 e. The van der Waals surface area contributed by atoms with Gasteiger partial charge in [0.2, 0.25) is 11.8 Å². The highest BCUT2D eigenvalue weighted by molar-refractivity contribution is 5.80. The van der Waals surface area contributed by atoms with Crippen molar-refractivity contribution in [2.24, 2.45) is 11.8 Å². The number of carbonyl (C=O) groups is 1. The first-order valence-corrected chi connectivity index (χ1v) is 9.64.